The summed E-state index contributed by atoms with van der Waals surface area (Å²) in [6.07, 6.45) is -0.710. The van der Waals surface area contributed by atoms with Crippen LogP contribution in [0.2, 0.25) is 0 Å². The van der Waals surface area contributed by atoms with E-state index in [1.165, 1.54) is 0 Å². The Morgan fingerprint density at radius 3 is 2.67 bits per heavy atom. The van der Waals surface area contributed by atoms with Gasteiger partial charge in [-0.05, 0) is 36.0 Å². The minimum atomic E-state index is -1.87. The van der Waals surface area contributed by atoms with Crippen molar-refractivity contribution in [2.75, 3.05) is 6.61 Å². The zero-order valence-corrected chi connectivity index (χ0v) is 15.6. The summed E-state index contributed by atoms with van der Waals surface area (Å²) < 4.78 is 11.8. The first-order chi connectivity index (χ1) is 12.7. The second kappa shape index (κ2) is 3.94. The van der Waals surface area contributed by atoms with Gasteiger partial charge in [-0.2, -0.15) is 0 Å². The highest BCUT2D eigenvalue weighted by molar-refractivity contribution is 6.01. The molecular weight excluding hydrogens is 348 g/mol. The number of ketones is 1. The SMILES string of the molecule is C=C1C2C(=O)[C@]34[C@H]2[C@H]1CC[C@H]3[C@@]12CO[C@]4(O)[C@@H](O)[C@@H]1C(C)(C)C1OC1C2O. The average Bonchev–Trinajstić information content (AvgIpc) is 3.41. The fourth-order valence-electron chi connectivity index (χ4n) is 9.38. The number of aliphatic hydroxyl groups is 3. The van der Waals surface area contributed by atoms with Crippen molar-refractivity contribution in [3.05, 3.63) is 12.2 Å². The van der Waals surface area contributed by atoms with Gasteiger partial charge in [-0.1, -0.05) is 26.0 Å². The third-order valence-electron chi connectivity index (χ3n) is 10.2. The highest BCUT2D eigenvalue weighted by Crippen LogP contribution is 2.84. The second-order valence-corrected chi connectivity index (χ2v) is 10.9. The predicted molar refractivity (Wildman–Crippen MR) is 91.1 cm³/mol. The molecule has 5 aliphatic carbocycles. The Bertz CT molecular complexity index is 837. The lowest BCUT2D eigenvalue weighted by atomic mass is 9.23. The van der Waals surface area contributed by atoms with Crippen molar-refractivity contribution >= 4 is 5.78 Å². The lowest BCUT2D eigenvalue weighted by Crippen LogP contribution is -2.92. The van der Waals surface area contributed by atoms with E-state index >= 15 is 0 Å². The second-order valence-electron chi connectivity index (χ2n) is 10.9. The van der Waals surface area contributed by atoms with Crippen molar-refractivity contribution in [1.29, 1.82) is 0 Å². The van der Waals surface area contributed by atoms with Crippen molar-refractivity contribution in [3.63, 3.8) is 0 Å². The van der Waals surface area contributed by atoms with Gasteiger partial charge < -0.3 is 24.8 Å². The smallest absolute Gasteiger partial charge is 0.205 e. The van der Waals surface area contributed by atoms with E-state index < -0.39 is 34.2 Å². The Labute approximate surface area is 157 Å². The van der Waals surface area contributed by atoms with E-state index in [4.69, 9.17) is 9.47 Å². The fraction of sp³-hybridized carbons (Fsp3) is 0.857. The first-order valence-corrected chi connectivity index (χ1v) is 10.3. The van der Waals surface area contributed by atoms with Gasteiger partial charge >= 0.3 is 0 Å². The van der Waals surface area contributed by atoms with Crippen molar-refractivity contribution in [1.82, 2.24) is 0 Å². The summed E-state index contributed by atoms with van der Waals surface area (Å²) in [5, 5.41) is 34.6. The normalized spacial score (nSPS) is 68.7. The van der Waals surface area contributed by atoms with Crippen LogP contribution < -0.4 is 0 Å². The molecule has 0 radical (unpaired) electrons. The van der Waals surface area contributed by atoms with Crippen LogP contribution in [-0.2, 0) is 14.3 Å². The molecule has 3 N–H and O–H groups in total. The van der Waals surface area contributed by atoms with Crippen LogP contribution in [0, 0.1) is 45.8 Å². The molecule has 0 aromatic heterocycles. The van der Waals surface area contributed by atoms with Crippen LogP contribution in [0.4, 0.5) is 0 Å². The predicted octanol–water partition coefficient (Wildman–Crippen LogP) is 0.248. The highest BCUT2D eigenvalue weighted by Gasteiger charge is 2.93. The Morgan fingerprint density at radius 1 is 1.19 bits per heavy atom. The van der Waals surface area contributed by atoms with Crippen LogP contribution in [0.25, 0.3) is 0 Å². The third kappa shape index (κ3) is 1.16. The molecule has 3 saturated heterocycles. The zero-order chi connectivity index (χ0) is 18.9. The Hall–Kier alpha value is -0.790. The molecule has 12 atom stereocenters. The van der Waals surface area contributed by atoms with Gasteiger partial charge in [0, 0.05) is 17.3 Å². The first-order valence-electron chi connectivity index (χ1n) is 10.3. The molecule has 5 saturated carbocycles. The standard InChI is InChI=1S/C21H26O6/c1-7-8-4-5-9-19-6-26-21(25,20(9)11(8)10(7)14(20)22)16(24)13(19)18(2,3)17-12(27-17)15(19)23/h8-13,15-17,23-25H,1,4-6H2,2-3H3/t8-,9-,10?,11-,12?,13+,15?,16-,17?,19-,20+,21+/m0/s1. The number of hydrogen-bond acceptors (Lipinski definition) is 6. The molecule has 3 aliphatic heterocycles. The van der Waals surface area contributed by atoms with Gasteiger partial charge in [-0.3, -0.25) is 4.79 Å². The van der Waals surface area contributed by atoms with Crippen LogP contribution in [0.1, 0.15) is 26.7 Å². The van der Waals surface area contributed by atoms with E-state index in [-0.39, 0.29) is 54.2 Å². The van der Waals surface area contributed by atoms with E-state index in [0.29, 0.717) is 0 Å². The van der Waals surface area contributed by atoms with Crippen LogP contribution in [0.5, 0.6) is 0 Å². The number of aliphatic hydroxyl groups excluding tert-OH is 2. The largest absolute Gasteiger partial charge is 0.390 e. The fourth-order valence-corrected chi connectivity index (χ4v) is 9.38. The monoisotopic (exact) mass is 374 g/mol. The Kier molecular flexibility index (Phi) is 2.35. The van der Waals surface area contributed by atoms with E-state index in [1.807, 2.05) is 0 Å². The van der Waals surface area contributed by atoms with Gasteiger partial charge in [-0.15, -0.1) is 0 Å². The summed E-state index contributed by atoms with van der Waals surface area (Å²) in [5.74, 6) is -2.45. The third-order valence-corrected chi connectivity index (χ3v) is 10.2. The highest BCUT2D eigenvalue weighted by atomic mass is 16.6. The van der Waals surface area contributed by atoms with Crippen molar-refractivity contribution in [2.45, 2.75) is 56.9 Å². The van der Waals surface area contributed by atoms with Crippen LogP contribution in [0.15, 0.2) is 12.2 Å². The average molecular weight is 374 g/mol. The first kappa shape index (κ1) is 16.1. The molecule has 0 aromatic carbocycles. The number of hydrogen-bond donors (Lipinski definition) is 3. The number of epoxide rings is 1. The molecule has 8 rings (SSSR count). The molecule has 6 nitrogen and oxygen atoms in total. The molecule has 6 heteroatoms. The minimum Gasteiger partial charge on any atom is -0.390 e. The molecule has 27 heavy (non-hydrogen) atoms. The molecule has 4 unspecified atom stereocenters. The van der Waals surface area contributed by atoms with Gasteiger partial charge in [0.2, 0.25) is 5.79 Å². The topological polar surface area (TPSA) is 99.5 Å². The quantitative estimate of drug-likeness (QED) is 0.415. The van der Waals surface area contributed by atoms with Gasteiger partial charge in [-0.25, -0.2) is 0 Å². The van der Waals surface area contributed by atoms with E-state index in [9.17, 15) is 20.1 Å². The zero-order valence-electron chi connectivity index (χ0n) is 15.6. The lowest BCUT2D eigenvalue weighted by molar-refractivity contribution is -0.473. The number of Topliss-reactive ketones (excluding diaryl/α,β-unsaturated/α-hetero) is 1. The van der Waals surface area contributed by atoms with Crippen molar-refractivity contribution in [3.8, 4) is 0 Å². The maximum absolute atomic E-state index is 13.4. The van der Waals surface area contributed by atoms with Gasteiger partial charge in [0.25, 0.3) is 0 Å². The van der Waals surface area contributed by atoms with Crippen LogP contribution in [-0.4, -0.2) is 57.9 Å². The number of fused-ring (bicyclic) bond motifs is 2. The molecule has 3 heterocycles. The molecule has 146 valence electrons. The molecular formula is C21H26O6. The summed E-state index contributed by atoms with van der Waals surface area (Å²) in [4.78, 5) is 13.4. The number of carbonyl (C=O) groups excluding carboxylic acids is 1. The van der Waals surface area contributed by atoms with Gasteiger partial charge in [0.15, 0.2) is 5.78 Å². The molecule has 2 bridgehead atoms. The van der Waals surface area contributed by atoms with Gasteiger partial charge in [0.05, 0.1) is 24.2 Å². The van der Waals surface area contributed by atoms with Crippen LogP contribution in [0.3, 0.4) is 0 Å². The molecule has 0 amide bonds. The van der Waals surface area contributed by atoms with Crippen molar-refractivity contribution in [2.24, 2.45) is 45.8 Å². The van der Waals surface area contributed by atoms with E-state index in [0.717, 1.165) is 18.4 Å². The van der Waals surface area contributed by atoms with Gasteiger partial charge in [0.1, 0.15) is 12.2 Å². The number of ether oxygens (including phenoxy) is 2. The number of rotatable bonds is 0. The molecule has 8 aliphatic rings. The Morgan fingerprint density at radius 2 is 1.93 bits per heavy atom. The summed E-state index contributed by atoms with van der Waals surface area (Å²) in [6, 6.07) is 0. The molecule has 2 spiro atoms. The van der Waals surface area contributed by atoms with Crippen LogP contribution >= 0.6 is 0 Å². The summed E-state index contributed by atoms with van der Waals surface area (Å²) in [5.41, 5.74) is -1.28. The Balaban J connectivity index is 1.49. The number of allylic oxidation sites excluding steroid dienone is 1. The summed E-state index contributed by atoms with van der Waals surface area (Å²) >= 11 is 0. The lowest BCUT2D eigenvalue weighted by Gasteiger charge is -2.82. The number of carbonyl (C=O) groups is 1. The van der Waals surface area contributed by atoms with E-state index in [2.05, 4.69) is 20.4 Å². The maximum atomic E-state index is 13.4. The minimum absolute atomic E-state index is 0.0119. The summed E-state index contributed by atoms with van der Waals surface area (Å²) in [7, 11) is 0. The maximum Gasteiger partial charge on any atom is 0.205 e. The molecule has 0 aromatic rings. The van der Waals surface area contributed by atoms with Crippen molar-refractivity contribution < 1.29 is 29.6 Å². The molecule has 8 fully saturated rings. The van der Waals surface area contributed by atoms with E-state index in [1.54, 1.807) is 0 Å². The summed E-state index contributed by atoms with van der Waals surface area (Å²) in [6.45, 7) is 8.39.